The summed E-state index contributed by atoms with van der Waals surface area (Å²) in [6.45, 7) is 22.9. The van der Waals surface area contributed by atoms with E-state index in [0.717, 1.165) is 17.6 Å². The Hall–Kier alpha value is -3.04. The fourth-order valence-electron chi connectivity index (χ4n) is 6.05. The minimum absolute atomic E-state index is 0.0223. The molecule has 0 saturated heterocycles. The fourth-order valence-corrected chi connectivity index (χ4v) is 7.64. The first-order chi connectivity index (χ1) is 18.2. The average molecular weight is 535 g/mol. The smallest absolute Gasteiger partial charge is 0.116 e. The van der Waals surface area contributed by atoms with Gasteiger partial charge in [-0.25, -0.2) is 9.97 Å². The van der Waals surface area contributed by atoms with E-state index in [1.54, 1.807) is 6.33 Å². The van der Waals surface area contributed by atoms with E-state index in [1.165, 1.54) is 59.3 Å². The van der Waals surface area contributed by atoms with Crippen molar-refractivity contribution in [1.82, 2.24) is 9.97 Å². The van der Waals surface area contributed by atoms with Crippen LogP contribution in [0.25, 0.3) is 42.7 Å². The van der Waals surface area contributed by atoms with Crippen molar-refractivity contribution in [1.29, 1.82) is 0 Å². The van der Waals surface area contributed by atoms with Crippen LogP contribution in [0.3, 0.4) is 0 Å². The molecule has 0 aliphatic rings. The second-order valence-corrected chi connectivity index (χ2v) is 14.8. The largest absolute Gasteiger partial charge is 0.235 e. The zero-order valence-corrected chi connectivity index (χ0v) is 26.1. The highest BCUT2D eigenvalue weighted by molar-refractivity contribution is 7.23. The van der Waals surface area contributed by atoms with Crippen LogP contribution in [0.15, 0.2) is 54.9 Å². The summed E-state index contributed by atoms with van der Waals surface area (Å²) in [7, 11) is 0. The van der Waals surface area contributed by atoms with Gasteiger partial charge in [0, 0.05) is 10.4 Å². The molecule has 2 heterocycles. The van der Waals surface area contributed by atoms with Crippen LogP contribution >= 0.6 is 11.3 Å². The number of hydrogen-bond acceptors (Lipinski definition) is 3. The van der Waals surface area contributed by atoms with E-state index in [9.17, 15) is 0 Å². The molecule has 2 aromatic heterocycles. The zero-order valence-electron chi connectivity index (χ0n) is 25.3. The number of hydrogen-bond donors (Lipinski definition) is 0. The summed E-state index contributed by atoms with van der Waals surface area (Å²) in [5.74, 6) is 0.353. The molecule has 3 aromatic carbocycles. The molecule has 0 aliphatic heterocycles. The van der Waals surface area contributed by atoms with Crippen molar-refractivity contribution in [3.63, 3.8) is 0 Å². The minimum atomic E-state index is 0.0223. The van der Waals surface area contributed by atoms with Gasteiger partial charge in [-0.2, -0.15) is 0 Å². The topological polar surface area (TPSA) is 25.8 Å². The van der Waals surface area contributed by atoms with Gasteiger partial charge in [-0.3, -0.25) is 0 Å². The van der Waals surface area contributed by atoms with Gasteiger partial charge >= 0.3 is 0 Å². The molecule has 202 valence electrons. The minimum Gasteiger partial charge on any atom is -0.235 e. The van der Waals surface area contributed by atoms with E-state index in [2.05, 4.69) is 118 Å². The van der Waals surface area contributed by atoms with Gasteiger partial charge in [0.15, 0.2) is 0 Å². The number of fused-ring (bicyclic) bond motifs is 2. The predicted molar refractivity (Wildman–Crippen MR) is 171 cm³/mol. The van der Waals surface area contributed by atoms with Gasteiger partial charge in [0.05, 0.1) is 15.9 Å². The highest BCUT2D eigenvalue weighted by atomic mass is 32.1. The molecule has 0 spiro atoms. The number of benzene rings is 3. The van der Waals surface area contributed by atoms with Crippen molar-refractivity contribution in [2.45, 2.75) is 87.0 Å². The number of thiophene rings is 1. The quantitative estimate of drug-likeness (QED) is 0.229. The van der Waals surface area contributed by atoms with Crippen molar-refractivity contribution >= 4 is 32.3 Å². The lowest BCUT2D eigenvalue weighted by atomic mass is 9.82. The maximum absolute atomic E-state index is 4.91. The van der Waals surface area contributed by atoms with Crippen LogP contribution in [0, 0.1) is 19.3 Å². The molecule has 0 atom stereocenters. The Balaban J connectivity index is 1.77. The molecule has 0 amide bonds. The third-order valence-electron chi connectivity index (χ3n) is 7.58. The van der Waals surface area contributed by atoms with E-state index < -0.39 is 0 Å². The Morgan fingerprint density at radius 3 is 2.13 bits per heavy atom. The average Bonchev–Trinajstić information content (AvgIpc) is 3.20. The molecule has 0 fully saturated rings. The standard InChI is InChI=1S/C36H42N2S/c1-21(2)29-32-34(39-33(29)30-22(3)15-24(16-23(30)4)19-35(5,6)7)31(37-20-38-32)26-17-25-13-11-12-14-27(25)28(18-26)36(8,9)10/h11-18,20-21H,19H2,1-10H3. The molecular weight excluding hydrogens is 492 g/mol. The van der Waals surface area contributed by atoms with Crippen molar-refractivity contribution < 1.29 is 0 Å². The maximum Gasteiger partial charge on any atom is 0.116 e. The molecule has 0 bridgehead atoms. The third-order valence-corrected chi connectivity index (χ3v) is 8.80. The summed E-state index contributed by atoms with van der Waals surface area (Å²) in [6, 6.07) is 18.2. The Morgan fingerprint density at radius 2 is 1.51 bits per heavy atom. The number of aryl methyl sites for hydroxylation is 2. The fraction of sp³-hybridized carbons (Fsp3) is 0.389. The van der Waals surface area contributed by atoms with Gasteiger partial charge in [-0.05, 0) is 93.3 Å². The molecular formula is C36H42N2S. The predicted octanol–water partition coefficient (Wildman–Crippen LogP) is 10.8. The Kier molecular flexibility index (Phi) is 6.96. The van der Waals surface area contributed by atoms with Crippen LogP contribution in [0.4, 0.5) is 0 Å². The maximum atomic E-state index is 4.91. The van der Waals surface area contributed by atoms with E-state index >= 15 is 0 Å². The molecule has 0 saturated carbocycles. The van der Waals surface area contributed by atoms with Crippen LogP contribution in [0.2, 0.25) is 0 Å². The van der Waals surface area contributed by atoms with Crippen molar-refractivity contribution in [3.05, 3.63) is 82.7 Å². The molecule has 39 heavy (non-hydrogen) atoms. The molecule has 0 aliphatic carbocycles. The SMILES string of the molecule is Cc1cc(CC(C)(C)C)cc(C)c1-c1sc2c(-c3cc(C(C)(C)C)c4ccccc4c3)ncnc2c1C(C)C. The van der Waals surface area contributed by atoms with Gasteiger partial charge in [0.25, 0.3) is 0 Å². The molecule has 5 rings (SSSR count). The first-order valence-corrected chi connectivity index (χ1v) is 15.0. The van der Waals surface area contributed by atoms with Gasteiger partial charge in [0.2, 0.25) is 0 Å². The highest BCUT2D eigenvalue weighted by Gasteiger charge is 2.25. The van der Waals surface area contributed by atoms with E-state index in [0.29, 0.717) is 5.92 Å². The number of rotatable bonds is 4. The van der Waals surface area contributed by atoms with Crippen molar-refractivity contribution in [2.75, 3.05) is 0 Å². The van der Waals surface area contributed by atoms with E-state index in [4.69, 9.17) is 9.97 Å². The zero-order chi connectivity index (χ0) is 28.3. The lowest BCUT2D eigenvalue weighted by molar-refractivity contribution is 0.411. The van der Waals surface area contributed by atoms with E-state index in [1.807, 2.05) is 11.3 Å². The van der Waals surface area contributed by atoms with Gasteiger partial charge < -0.3 is 0 Å². The van der Waals surface area contributed by atoms with Crippen LogP contribution in [-0.2, 0) is 11.8 Å². The van der Waals surface area contributed by atoms with Gasteiger partial charge in [0.1, 0.15) is 6.33 Å². The summed E-state index contributed by atoms with van der Waals surface area (Å²) < 4.78 is 1.18. The summed E-state index contributed by atoms with van der Waals surface area (Å²) in [5.41, 5.74) is 11.7. The summed E-state index contributed by atoms with van der Waals surface area (Å²) in [5, 5.41) is 2.57. The Labute approximate surface area is 238 Å². The lowest BCUT2D eigenvalue weighted by Crippen LogP contribution is -2.12. The summed E-state index contributed by atoms with van der Waals surface area (Å²) >= 11 is 1.87. The normalized spacial score (nSPS) is 12.7. The molecule has 2 nitrogen and oxygen atoms in total. The van der Waals surface area contributed by atoms with Gasteiger partial charge in [-0.1, -0.05) is 91.8 Å². The van der Waals surface area contributed by atoms with Crippen molar-refractivity contribution in [3.8, 4) is 21.7 Å². The molecule has 5 aromatic rings. The summed E-state index contributed by atoms with van der Waals surface area (Å²) in [6.07, 6.45) is 2.84. The first-order valence-electron chi connectivity index (χ1n) is 14.2. The van der Waals surface area contributed by atoms with Crippen LogP contribution in [0.5, 0.6) is 0 Å². The van der Waals surface area contributed by atoms with Crippen LogP contribution in [-0.4, -0.2) is 9.97 Å². The van der Waals surface area contributed by atoms with Gasteiger partial charge in [-0.15, -0.1) is 11.3 Å². The van der Waals surface area contributed by atoms with E-state index in [-0.39, 0.29) is 10.8 Å². The lowest BCUT2D eigenvalue weighted by Gasteiger charge is -2.22. The molecule has 0 radical (unpaired) electrons. The monoisotopic (exact) mass is 534 g/mol. The second kappa shape index (κ2) is 9.86. The third kappa shape index (κ3) is 5.26. The van der Waals surface area contributed by atoms with Crippen LogP contribution in [0.1, 0.15) is 89.1 Å². The second-order valence-electron chi connectivity index (χ2n) is 13.7. The Morgan fingerprint density at radius 1 is 0.846 bits per heavy atom. The highest BCUT2D eigenvalue weighted by Crippen LogP contribution is 2.47. The van der Waals surface area contributed by atoms with Crippen molar-refractivity contribution in [2.24, 2.45) is 5.41 Å². The molecule has 0 N–H and O–H groups in total. The Bertz CT molecular complexity index is 1670. The number of nitrogens with zero attached hydrogens (tertiary/aromatic N) is 2. The van der Waals surface area contributed by atoms with Crippen LogP contribution < -0.4 is 0 Å². The number of aromatic nitrogens is 2. The summed E-state index contributed by atoms with van der Waals surface area (Å²) in [4.78, 5) is 11.1. The molecule has 3 heteroatoms. The first kappa shape index (κ1) is 27.5. The molecule has 0 unspecified atom stereocenters.